The van der Waals surface area contributed by atoms with E-state index in [1.54, 1.807) is 16.2 Å². The van der Waals surface area contributed by atoms with Crippen molar-refractivity contribution in [2.75, 3.05) is 13.2 Å². The summed E-state index contributed by atoms with van der Waals surface area (Å²) in [6.07, 6.45) is 9.53. The summed E-state index contributed by atoms with van der Waals surface area (Å²) in [5.41, 5.74) is 4.40. The van der Waals surface area contributed by atoms with Gasteiger partial charge in [0.2, 0.25) is 17.7 Å². The molecule has 47 heavy (non-hydrogen) atoms. The molecule has 3 amide bonds. The normalized spacial score (nSPS) is 19.2. The van der Waals surface area contributed by atoms with Gasteiger partial charge in [0.15, 0.2) is 0 Å². The van der Waals surface area contributed by atoms with Crippen LogP contribution in [0, 0.1) is 24.2 Å². The summed E-state index contributed by atoms with van der Waals surface area (Å²) in [6.45, 7) is 16.1. The standard InChI is InChI=1S/C38H58N4O4S/c1-8-38(7,21-19-28-12-13-28)46-23-20-26(2)11-18-32(43)41-34(37(4,5)6)36(45)42-22-9-10-31(42)35(44)39-24-29-14-16-30(17-15-29)33-27(3)40-25-47-33/h14-17,25-26,28,31,34H,8-13,18-24H2,1-7H3,(H,39,44)(H,41,43)/t26?,31-,34+,38?/m0/s1. The van der Waals surface area contributed by atoms with Crippen molar-refractivity contribution in [3.8, 4) is 10.4 Å². The Bertz CT molecular complexity index is 1330. The zero-order chi connectivity index (χ0) is 34.2. The van der Waals surface area contributed by atoms with E-state index in [0.29, 0.717) is 38.5 Å². The van der Waals surface area contributed by atoms with E-state index in [2.05, 4.69) is 48.5 Å². The first kappa shape index (κ1) is 37.0. The number of aryl methyl sites for hydroxylation is 1. The molecule has 2 N–H and O–H groups in total. The largest absolute Gasteiger partial charge is 0.375 e. The zero-order valence-corrected chi connectivity index (χ0v) is 30.6. The Morgan fingerprint density at radius 2 is 1.81 bits per heavy atom. The monoisotopic (exact) mass is 666 g/mol. The quantitative estimate of drug-likeness (QED) is 0.183. The molecule has 2 aliphatic rings. The van der Waals surface area contributed by atoms with Gasteiger partial charge in [0.05, 0.1) is 21.7 Å². The molecule has 2 fully saturated rings. The minimum Gasteiger partial charge on any atom is -0.375 e. The maximum atomic E-state index is 13.9. The van der Waals surface area contributed by atoms with Gasteiger partial charge in [-0.05, 0) is 87.2 Å². The highest BCUT2D eigenvalue weighted by atomic mass is 32.1. The van der Waals surface area contributed by atoms with Gasteiger partial charge in [-0.3, -0.25) is 14.4 Å². The molecule has 9 heteroatoms. The third kappa shape index (κ3) is 10.9. The first-order valence-electron chi connectivity index (χ1n) is 17.8. The van der Waals surface area contributed by atoms with E-state index in [4.69, 9.17) is 4.74 Å². The van der Waals surface area contributed by atoms with Crippen molar-refractivity contribution in [3.63, 3.8) is 0 Å². The van der Waals surface area contributed by atoms with Crippen molar-refractivity contribution in [1.29, 1.82) is 0 Å². The lowest BCUT2D eigenvalue weighted by Crippen LogP contribution is -2.57. The molecule has 2 unspecified atom stereocenters. The van der Waals surface area contributed by atoms with E-state index in [-0.39, 0.29) is 23.3 Å². The molecule has 2 heterocycles. The Labute approximate surface area is 286 Å². The van der Waals surface area contributed by atoms with Gasteiger partial charge < -0.3 is 20.3 Å². The van der Waals surface area contributed by atoms with Crippen molar-refractivity contribution in [2.45, 2.75) is 137 Å². The molecule has 1 aromatic heterocycles. The average molecular weight is 667 g/mol. The van der Waals surface area contributed by atoms with Crippen LogP contribution in [0.25, 0.3) is 10.4 Å². The van der Waals surface area contributed by atoms with Crippen molar-refractivity contribution >= 4 is 29.1 Å². The highest BCUT2D eigenvalue weighted by Gasteiger charge is 2.41. The second-order valence-corrected chi connectivity index (χ2v) is 16.2. The highest BCUT2D eigenvalue weighted by molar-refractivity contribution is 7.13. The van der Waals surface area contributed by atoms with Gasteiger partial charge in [0.25, 0.3) is 0 Å². The number of ether oxygens (including phenoxy) is 1. The number of thiazole rings is 1. The summed E-state index contributed by atoms with van der Waals surface area (Å²) in [7, 11) is 0. The fourth-order valence-corrected chi connectivity index (χ4v) is 7.12. The van der Waals surface area contributed by atoms with Crippen LogP contribution in [0.5, 0.6) is 0 Å². The van der Waals surface area contributed by atoms with Gasteiger partial charge in [-0.25, -0.2) is 4.98 Å². The molecule has 2 aromatic rings. The number of hydrogen-bond donors (Lipinski definition) is 2. The molecule has 4 atom stereocenters. The number of carbonyl (C=O) groups excluding carboxylic acids is 3. The Hall–Kier alpha value is -2.78. The second kappa shape index (κ2) is 16.6. The summed E-state index contributed by atoms with van der Waals surface area (Å²) in [5.74, 6) is 0.798. The lowest BCUT2D eigenvalue weighted by molar-refractivity contribution is -0.144. The van der Waals surface area contributed by atoms with Gasteiger partial charge in [-0.1, -0.05) is 71.7 Å². The molecule has 8 nitrogen and oxygen atoms in total. The van der Waals surface area contributed by atoms with Crippen molar-refractivity contribution in [3.05, 3.63) is 41.0 Å². The maximum Gasteiger partial charge on any atom is 0.246 e. The van der Waals surface area contributed by atoms with Gasteiger partial charge in [-0.15, -0.1) is 11.3 Å². The van der Waals surface area contributed by atoms with E-state index in [1.165, 1.54) is 19.3 Å². The summed E-state index contributed by atoms with van der Waals surface area (Å²) in [5, 5.41) is 6.10. The summed E-state index contributed by atoms with van der Waals surface area (Å²) in [4.78, 5) is 47.5. The predicted octanol–water partition coefficient (Wildman–Crippen LogP) is 7.44. The molecule has 1 aliphatic heterocycles. The lowest BCUT2D eigenvalue weighted by Gasteiger charge is -2.35. The molecule has 0 radical (unpaired) electrons. The third-order valence-corrected chi connectivity index (χ3v) is 11.1. The average Bonchev–Trinajstić information content (AvgIpc) is 3.56. The first-order chi connectivity index (χ1) is 22.3. The van der Waals surface area contributed by atoms with Crippen molar-refractivity contribution in [2.24, 2.45) is 17.3 Å². The predicted molar refractivity (Wildman–Crippen MR) is 190 cm³/mol. The maximum absolute atomic E-state index is 13.9. The molecule has 0 spiro atoms. The minimum absolute atomic E-state index is 0.0581. The van der Waals surface area contributed by atoms with E-state index >= 15 is 0 Å². The molecule has 260 valence electrons. The van der Waals surface area contributed by atoms with Crippen LogP contribution in [-0.4, -0.2) is 58.4 Å². The molecule has 0 bridgehead atoms. The summed E-state index contributed by atoms with van der Waals surface area (Å²) in [6, 6.07) is 6.89. The number of likely N-dealkylation sites (tertiary alicyclic amines) is 1. The van der Waals surface area contributed by atoms with Crippen LogP contribution in [0.1, 0.15) is 117 Å². The minimum atomic E-state index is -0.707. The molecular formula is C38H58N4O4S. The Morgan fingerprint density at radius 3 is 2.43 bits per heavy atom. The molecule has 4 rings (SSSR count). The van der Waals surface area contributed by atoms with Gasteiger partial charge in [-0.2, -0.15) is 0 Å². The number of benzene rings is 1. The molecule has 1 saturated carbocycles. The van der Waals surface area contributed by atoms with Gasteiger partial charge in [0, 0.05) is 26.1 Å². The molecule has 1 saturated heterocycles. The highest BCUT2D eigenvalue weighted by Crippen LogP contribution is 2.37. The smallest absolute Gasteiger partial charge is 0.246 e. The summed E-state index contributed by atoms with van der Waals surface area (Å²) < 4.78 is 6.34. The fourth-order valence-electron chi connectivity index (χ4n) is 6.31. The Kier molecular flexibility index (Phi) is 13.0. The van der Waals surface area contributed by atoms with Crippen LogP contribution in [0.4, 0.5) is 0 Å². The number of hydrogen-bond acceptors (Lipinski definition) is 6. The lowest BCUT2D eigenvalue weighted by atomic mass is 9.85. The Morgan fingerprint density at radius 1 is 1.09 bits per heavy atom. The topological polar surface area (TPSA) is 101 Å². The van der Waals surface area contributed by atoms with Crippen LogP contribution >= 0.6 is 11.3 Å². The summed E-state index contributed by atoms with van der Waals surface area (Å²) >= 11 is 1.62. The van der Waals surface area contributed by atoms with E-state index in [9.17, 15) is 14.4 Å². The number of aromatic nitrogens is 1. The van der Waals surface area contributed by atoms with Crippen LogP contribution in [0.3, 0.4) is 0 Å². The number of nitrogens with zero attached hydrogens (tertiary/aromatic N) is 2. The first-order valence-corrected chi connectivity index (χ1v) is 18.7. The van der Waals surface area contributed by atoms with Crippen LogP contribution in [-0.2, 0) is 25.7 Å². The number of rotatable bonds is 17. The number of nitrogens with one attached hydrogen (secondary N) is 2. The van der Waals surface area contributed by atoms with Crippen LogP contribution in [0.2, 0.25) is 0 Å². The number of amides is 3. The van der Waals surface area contributed by atoms with E-state index in [1.807, 2.05) is 45.3 Å². The van der Waals surface area contributed by atoms with Gasteiger partial charge in [0.1, 0.15) is 12.1 Å². The Balaban J connectivity index is 1.24. The fraction of sp³-hybridized carbons (Fsp3) is 0.684. The van der Waals surface area contributed by atoms with Crippen molar-refractivity contribution < 1.29 is 19.1 Å². The third-order valence-electron chi connectivity index (χ3n) is 10.1. The number of carbonyl (C=O) groups is 3. The molecular weight excluding hydrogens is 609 g/mol. The molecule has 1 aromatic carbocycles. The SMILES string of the molecule is CCC(C)(CCC1CC1)OCCC(C)CCC(=O)N[C@H](C(=O)N1CCC[C@H]1C(=O)NCc1ccc(-c2scnc2C)cc1)C(C)(C)C. The van der Waals surface area contributed by atoms with E-state index in [0.717, 1.165) is 59.7 Å². The second-order valence-electron chi connectivity index (χ2n) is 15.3. The zero-order valence-electron chi connectivity index (χ0n) is 29.8. The van der Waals surface area contributed by atoms with Gasteiger partial charge >= 0.3 is 0 Å². The molecule has 1 aliphatic carbocycles. The van der Waals surface area contributed by atoms with Crippen molar-refractivity contribution in [1.82, 2.24) is 20.5 Å². The van der Waals surface area contributed by atoms with Crippen LogP contribution < -0.4 is 10.6 Å². The van der Waals surface area contributed by atoms with Crippen LogP contribution in [0.15, 0.2) is 29.8 Å². The van der Waals surface area contributed by atoms with E-state index < -0.39 is 17.5 Å².